The first-order valence-electron chi connectivity index (χ1n) is 10.7. The van der Waals surface area contributed by atoms with Gasteiger partial charge in [0.25, 0.3) is 0 Å². The SMILES string of the molecule is CC12CCC(O)CC1=CC(O)C1C2CCC2(C)C([n+]3ccccc3)=CCC12. The summed E-state index contributed by atoms with van der Waals surface area (Å²) in [5, 5.41) is 21.3. The van der Waals surface area contributed by atoms with E-state index in [1.807, 2.05) is 0 Å². The Kier molecular flexibility index (Phi) is 3.93. The van der Waals surface area contributed by atoms with Gasteiger partial charge in [-0.25, -0.2) is 0 Å². The fraction of sp³-hybridized carbons (Fsp3) is 0.625. The second-order valence-electron chi connectivity index (χ2n) is 9.85. The molecular weight excluding hydrogens is 334 g/mol. The minimum atomic E-state index is -0.374. The first-order chi connectivity index (χ1) is 12.9. The lowest BCUT2D eigenvalue weighted by Crippen LogP contribution is -2.55. The van der Waals surface area contributed by atoms with Gasteiger partial charge in [-0.2, -0.15) is 4.57 Å². The van der Waals surface area contributed by atoms with Gasteiger partial charge in [0, 0.05) is 12.1 Å². The molecule has 0 spiro atoms. The van der Waals surface area contributed by atoms with E-state index in [0.717, 1.165) is 25.7 Å². The Labute approximate surface area is 162 Å². The molecule has 144 valence electrons. The molecule has 4 aliphatic rings. The van der Waals surface area contributed by atoms with Gasteiger partial charge in [-0.15, -0.1) is 0 Å². The van der Waals surface area contributed by atoms with Gasteiger partial charge in [0.2, 0.25) is 0 Å². The van der Waals surface area contributed by atoms with Crippen LogP contribution in [0, 0.1) is 28.6 Å². The number of rotatable bonds is 1. The lowest BCUT2D eigenvalue weighted by Gasteiger charge is -2.58. The molecule has 1 aromatic rings. The van der Waals surface area contributed by atoms with E-state index in [0.29, 0.717) is 17.8 Å². The highest BCUT2D eigenvalue weighted by Gasteiger charge is 2.61. The molecule has 7 atom stereocenters. The number of aliphatic hydroxyl groups excluding tert-OH is 2. The molecule has 4 aliphatic carbocycles. The van der Waals surface area contributed by atoms with Crippen molar-refractivity contribution >= 4 is 5.70 Å². The summed E-state index contributed by atoms with van der Waals surface area (Å²) >= 11 is 0. The molecule has 27 heavy (non-hydrogen) atoms. The molecule has 1 heterocycles. The topological polar surface area (TPSA) is 44.3 Å². The van der Waals surface area contributed by atoms with E-state index in [9.17, 15) is 10.2 Å². The molecule has 0 bridgehead atoms. The molecule has 0 amide bonds. The van der Waals surface area contributed by atoms with Crippen molar-refractivity contribution in [1.82, 2.24) is 0 Å². The first kappa shape index (κ1) is 17.6. The quantitative estimate of drug-likeness (QED) is 0.588. The summed E-state index contributed by atoms with van der Waals surface area (Å²) in [6.07, 6.45) is 14.4. The van der Waals surface area contributed by atoms with E-state index in [4.69, 9.17) is 0 Å². The molecule has 0 aromatic carbocycles. The molecule has 2 saturated carbocycles. The standard InChI is InChI=1S/C24H32NO2/c1-23-10-8-17(26)14-16(23)15-20(27)22-18-6-7-21(25-12-4-3-5-13-25)24(18,2)11-9-19(22)23/h3-5,7,12-13,15,17-20,22,26-27H,6,8-11,14H2,1-2H3/q+1. The van der Waals surface area contributed by atoms with Gasteiger partial charge in [-0.1, -0.05) is 24.6 Å². The van der Waals surface area contributed by atoms with Crippen LogP contribution in [0.4, 0.5) is 0 Å². The van der Waals surface area contributed by atoms with Crippen molar-refractivity contribution < 1.29 is 14.8 Å². The third-order valence-corrected chi connectivity index (χ3v) is 8.64. The molecule has 2 fully saturated rings. The van der Waals surface area contributed by atoms with E-state index in [-0.39, 0.29) is 23.0 Å². The number of hydrogen-bond acceptors (Lipinski definition) is 2. The Bertz CT molecular complexity index is 800. The van der Waals surface area contributed by atoms with Crippen LogP contribution in [0.15, 0.2) is 48.3 Å². The fourth-order valence-corrected chi connectivity index (χ4v) is 7.14. The second kappa shape index (κ2) is 6.02. The molecule has 5 rings (SSSR count). The van der Waals surface area contributed by atoms with Crippen molar-refractivity contribution in [3.63, 3.8) is 0 Å². The van der Waals surface area contributed by atoms with E-state index in [1.165, 1.54) is 24.1 Å². The number of hydrogen-bond donors (Lipinski definition) is 2. The van der Waals surface area contributed by atoms with Gasteiger partial charge in [0.05, 0.1) is 17.6 Å². The van der Waals surface area contributed by atoms with E-state index in [1.54, 1.807) is 0 Å². The highest BCUT2D eigenvalue weighted by atomic mass is 16.3. The summed E-state index contributed by atoms with van der Waals surface area (Å²) in [6, 6.07) is 6.27. The number of allylic oxidation sites excluding steroid dienone is 2. The Morgan fingerprint density at radius 3 is 2.48 bits per heavy atom. The summed E-state index contributed by atoms with van der Waals surface area (Å²) < 4.78 is 2.29. The predicted molar refractivity (Wildman–Crippen MR) is 105 cm³/mol. The smallest absolute Gasteiger partial charge is 0.189 e. The Hall–Kier alpha value is -1.45. The van der Waals surface area contributed by atoms with Crippen LogP contribution < -0.4 is 4.57 Å². The number of pyridine rings is 1. The summed E-state index contributed by atoms with van der Waals surface area (Å²) in [5.41, 5.74) is 3.02. The minimum Gasteiger partial charge on any atom is -0.393 e. The molecule has 0 saturated heterocycles. The van der Waals surface area contributed by atoms with E-state index >= 15 is 0 Å². The monoisotopic (exact) mass is 366 g/mol. The summed E-state index contributed by atoms with van der Waals surface area (Å²) in [6.45, 7) is 4.83. The predicted octanol–water partition coefficient (Wildman–Crippen LogP) is 3.72. The Morgan fingerprint density at radius 2 is 1.70 bits per heavy atom. The molecular formula is C24H32NO2+. The maximum Gasteiger partial charge on any atom is 0.189 e. The van der Waals surface area contributed by atoms with Crippen LogP contribution in [0.25, 0.3) is 5.70 Å². The lowest BCUT2D eigenvalue weighted by molar-refractivity contribution is -0.590. The third-order valence-electron chi connectivity index (χ3n) is 8.64. The van der Waals surface area contributed by atoms with Crippen LogP contribution in [0.1, 0.15) is 52.4 Å². The Morgan fingerprint density at radius 1 is 0.963 bits per heavy atom. The van der Waals surface area contributed by atoms with Crippen molar-refractivity contribution in [3.8, 4) is 0 Å². The van der Waals surface area contributed by atoms with Gasteiger partial charge in [0.1, 0.15) is 0 Å². The van der Waals surface area contributed by atoms with Crippen LogP contribution in [0.5, 0.6) is 0 Å². The van der Waals surface area contributed by atoms with Crippen molar-refractivity contribution in [2.75, 3.05) is 0 Å². The maximum absolute atomic E-state index is 11.2. The molecule has 3 nitrogen and oxygen atoms in total. The van der Waals surface area contributed by atoms with Gasteiger partial charge in [-0.05, 0) is 74.7 Å². The molecule has 2 N–H and O–H groups in total. The zero-order valence-electron chi connectivity index (χ0n) is 16.5. The van der Waals surface area contributed by atoms with Gasteiger partial charge in [0.15, 0.2) is 18.1 Å². The largest absolute Gasteiger partial charge is 0.393 e. The zero-order chi connectivity index (χ0) is 18.8. The minimum absolute atomic E-state index is 0.129. The van der Waals surface area contributed by atoms with Gasteiger partial charge < -0.3 is 10.2 Å². The van der Waals surface area contributed by atoms with Crippen molar-refractivity contribution in [1.29, 1.82) is 0 Å². The number of nitrogens with zero attached hydrogens (tertiary/aromatic N) is 1. The van der Waals surface area contributed by atoms with E-state index in [2.05, 4.69) is 61.2 Å². The van der Waals surface area contributed by atoms with Crippen LogP contribution in [-0.2, 0) is 0 Å². The normalized spacial score (nSPS) is 46.0. The van der Waals surface area contributed by atoms with Crippen LogP contribution in [0.2, 0.25) is 0 Å². The highest BCUT2D eigenvalue weighted by Crippen LogP contribution is 2.64. The second-order valence-corrected chi connectivity index (χ2v) is 9.85. The summed E-state index contributed by atoms with van der Waals surface area (Å²) in [5.74, 6) is 1.35. The van der Waals surface area contributed by atoms with Gasteiger partial charge in [-0.3, -0.25) is 0 Å². The number of aliphatic hydroxyl groups is 2. The molecule has 1 aromatic heterocycles. The van der Waals surface area contributed by atoms with Crippen molar-refractivity contribution in [2.45, 2.75) is 64.6 Å². The molecule has 0 aliphatic heterocycles. The van der Waals surface area contributed by atoms with Crippen LogP contribution in [0.3, 0.4) is 0 Å². The zero-order valence-corrected chi connectivity index (χ0v) is 16.5. The highest BCUT2D eigenvalue weighted by molar-refractivity contribution is 5.48. The molecule has 3 heteroatoms. The van der Waals surface area contributed by atoms with E-state index < -0.39 is 0 Å². The van der Waals surface area contributed by atoms with Crippen molar-refractivity contribution in [2.24, 2.45) is 28.6 Å². The van der Waals surface area contributed by atoms with Gasteiger partial charge >= 0.3 is 0 Å². The van der Waals surface area contributed by atoms with Crippen LogP contribution in [-0.4, -0.2) is 22.4 Å². The third kappa shape index (κ3) is 2.44. The molecule has 7 unspecified atom stereocenters. The Balaban J connectivity index is 1.52. The average Bonchev–Trinajstić information content (AvgIpc) is 3.01. The maximum atomic E-state index is 11.2. The van der Waals surface area contributed by atoms with Crippen molar-refractivity contribution in [3.05, 3.63) is 48.3 Å². The lowest BCUT2D eigenvalue weighted by atomic mass is 9.47. The fourth-order valence-electron chi connectivity index (χ4n) is 7.14. The van der Waals surface area contributed by atoms with Crippen LogP contribution >= 0.6 is 0 Å². The molecule has 0 radical (unpaired) electrons. The number of aromatic nitrogens is 1. The number of fused-ring (bicyclic) bond motifs is 5. The first-order valence-corrected chi connectivity index (χ1v) is 10.7. The summed E-state index contributed by atoms with van der Waals surface area (Å²) in [4.78, 5) is 0. The summed E-state index contributed by atoms with van der Waals surface area (Å²) in [7, 11) is 0. The average molecular weight is 367 g/mol.